The number of hydrogen-bond donors (Lipinski definition) is 0. The van der Waals surface area contributed by atoms with Crippen LogP contribution in [0.15, 0.2) is 0 Å². The molecule has 0 aliphatic carbocycles. The van der Waals surface area contributed by atoms with E-state index in [9.17, 15) is 4.39 Å². The zero-order valence-electron chi connectivity index (χ0n) is 5.03. The van der Waals surface area contributed by atoms with Gasteiger partial charge in [0.25, 0.3) is 0 Å². The van der Waals surface area contributed by atoms with Gasteiger partial charge in [-0.25, -0.2) is 4.39 Å². The first-order chi connectivity index (χ1) is 3.68. The summed E-state index contributed by atoms with van der Waals surface area (Å²) in [6, 6.07) is 0. The third kappa shape index (κ3) is 3.64. The van der Waals surface area contributed by atoms with Gasteiger partial charge < -0.3 is 0 Å². The summed E-state index contributed by atoms with van der Waals surface area (Å²) in [4.78, 5) is 0. The van der Waals surface area contributed by atoms with Crippen LogP contribution in [0.1, 0.15) is 19.8 Å². The fourth-order valence-electron chi connectivity index (χ4n) is 0.457. The quantitative estimate of drug-likeness (QED) is 0.515. The van der Waals surface area contributed by atoms with E-state index in [-0.39, 0.29) is 3.92 Å². The molecule has 0 bridgehead atoms. The molecular weight excluding hydrogens is 218 g/mol. The lowest BCUT2D eigenvalue weighted by molar-refractivity contribution is 0.384. The number of alkyl halides is 2. The topological polar surface area (TPSA) is 0 Å². The van der Waals surface area contributed by atoms with Crippen molar-refractivity contribution in [3.8, 4) is 0 Å². The maximum Gasteiger partial charge on any atom is 0.112 e. The van der Waals surface area contributed by atoms with Crippen molar-refractivity contribution in [2.45, 2.75) is 29.9 Å². The van der Waals surface area contributed by atoms with Crippen LogP contribution in [0.2, 0.25) is 0 Å². The van der Waals surface area contributed by atoms with Crippen LogP contribution in [0.5, 0.6) is 0 Å². The zero-order valence-corrected chi connectivity index (χ0v) is 7.19. The van der Waals surface area contributed by atoms with E-state index in [4.69, 9.17) is 0 Å². The van der Waals surface area contributed by atoms with Crippen molar-refractivity contribution in [1.82, 2.24) is 0 Å². The van der Waals surface area contributed by atoms with Crippen LogP contribution in [-0.2, 0) is 0 Å². The summed E-state index contributed by atoms with van der Waals surface area (Å²) in [6.45, 7) is 5.33. The smallest absolute Gasteiger partial charge is 0.112 e. The van der Waals surface area contributed by atoms with Gasteiger partial charge in [0.15, 0.2) is 0 Å². The molecule has 0 nitrogen and oxygen atoms in total. The molecular formula is C6H11FI. The van der Waals surface area contributed by atoms with Crippen LogP contribution in [0.4, 0.5) is 4.39 Å². The SMILES string of the molecule is [CH2]C(F)C(I)CCC. The molecule has 2 atom stereocenters. The van der Waals surface area contributed by atoms with Crippen molar-refractivity contribution in [3.05, 3.63) is 6.92 Å². The van der Waals surface area contributed by atoms with E-state index in [1.807, 2.05) is 6.92 Å². The highest BCUT2D eigenvalue weighted by atomic mass is 127. The highest BCUT2D eigenvalue weighted by Crippen LogP contribution is 2.14. The normalized spacial score (nSPS) is 18.0. The zero-order chi connectivity index (χ0) is 6.57. The van der Waals surface area contributed by atoms with E-state index in [1.54, 1.807) is 0 Å². The molecule has 0 N–H and O–H groups in total. The second kappa shape index (κ2) is 4.53. The number of halogens is 2. The van der Waals surface area contributed by atoms with E-state index in [1.165, 1.54) is 0 Å². The summed E-state index contributed by atoms with van der Waals surface area (Å²) in [5.74, 6) is 0. The number of hydrogen-bond acceptors (Lipinski definition) is 0. The summed E-state index contributed by atoms with van der Waals surface area (Å²) < 4.78 is 12.3. The molecule has 0 saturated carbocycles. The molecule has 0 aliphatic heterocycles. The van der Waals surface area contributed by atoms with Crippen molar-refractivity contribution in [2.75, 3.05) is 0 Å². The Balaban J connectivity index is 3.17. The average molecular weight is 229 g/mol. The monoisotopic (exact) mass is 229 g/mol. The molecule has 0 aromatic heterocycles. The molecule has 0 amide bonds. The van der Waals surface area contributed by atoms with Crippen LogP contribution >= 0.6 is 22.6 Å². The Morgan fingerprint density at radius 2 is 2.25 bits per heavy atom. The van der Waals surface area contributed by atoms with Gasteiger partial charge in [0.1, 0.15) is 6.17 Å². The average Bonchev–Trinajstić information content (AvgIpc) is 1.67. The first-order valence-electron chi connectivity index (χ1n) is 2.79. The molecule has 2 unspecified atom stereocenters. The summed E-state index contributed by atoms with van der Waals surface area (Å²) >= 11 is 2.09. The Kier molecular flexibility index (Phi) is 4.90. The molecule has 0 aliphatic rings. The van der Waals surface area contributed by atoms with Crippen molar-refractivity contribution in [2.24, 2.45) is 0 Å². The Labute approximate surface area is 64.0 Å². The maximum absolute atomic E-state index is 12.2. The van der Waals surface area contributed by atoms with Gasteiger partial charge in [-0.15, -0.1) is 0 Å². The van der Waals surface area contributed by atoms with Gasteiger partial charge in [-0.2, -0.15) is 0 Å². The molecule has 0 rings (SSSR count). The van der Waals surface area contributed by atoms with Crippen LogP contribution in [0.3, 0.4) is 0 Å². The lowest BCUT2D eigenvalue weighted by atomic mass is 10.2. The summed E-state index contributed by atoms with van der Waals surface area (Å²) in [7, 11) is 0. The van der Waals surface area contributed by atoms with Gasteiger partial charge in [-0.05, 0) is 13.3 Å². The van der Waals surface area contributed by atoms with E-state index < -0.39 is 6.17 Å². The Bertz CT molecular complexity index is 54.5. The largest absolute Gasteiger partial charge is 0.246 e. The van der Waals surface area contributed by atoms with Crippen LogP contribution in [0.25, 0.3) is 0 Å². The molecule has 2 heteroatoms. The van der Waals surface area contributed by atoms with Crippen molar-refractivity contribution >= 4 is 22.6 Å². The lowest BCUT2D eigenvalue weighted by Crippen LogP contribution is -2.10. The summed E-state index contributed by atoms with van der Waals surface area (Å²) in [5.41, 5.74) is 0. The molecule has 8 heavy (non-hydrogen) atoms. The number of rotatable bonds is 3. The third-order valence-corrected chi connectivity index (χ3v) is 2.36. The van der Waals surface area contributed by atoms with E-state index >= 15 is 0 Å². The van der Waals surface area contributed by atoms with E-state index in [0.717, 1.165) is 12.8 Å². The molecule has 0 heterocycles. The first kappa shape index (κ1) is 8.66. The fourth-order valence-corrected chi connectivity index (χ4v) is 1.08. The van der Waals surface area contributed by atoms with Gasteiger partial charge in [-0.3, -0.25) is 0 Å². The Morgan fingerprint density at radius 1 is 1.75 bits per heavy atom. The van der Waals surface area contributed by atoms with Crippen LogP contribution in [0, 0.1) is 6.92 Å². The maximum atomic E-state index is 12.2. The molecule has 0 aromatic carbocycles. The standard InChI is InChI=1S/C6H11FI/c1-3-4-6(8)5(2)7/h5-6H,2-4H2,1H3. The molecule has 0 aromatic rings. The van der Waals surface area contributed by atoms with Gasteiger partial charge >= 0.3 is 0 Å². The fraction of sp³-hybridized carbons (Fsp3) is 0.833. The summed E-state index contributed by atoms with van der Waals surface area (Å²) in [5, 5.41) is 0. The Hall–Kier alpha value is 0.660. The minimum atomic E-state index is -0.893. The van der Waals surface area contributed by atoms with Gasteiger partial charge in [-0.1, -0.05) is 35.9 Å². The Morgan fingerprint density at radius 3 is 2.38 bits per heavy atom. The molecule has 0 spiro atoms. The first-order valence-corrected chi connectivity index (χ1v) is 4.04. The third-order valence-electron chi connectivity index (χ3n) is 0.957. The highest BCUT2D eigenvalue weighted by Gasteiger charge is 2.09. The van der Waals surface area contributed by atoms with Crippen LogP contribution < -0.4 is 0 Å². The second-order valence-electron chi connectivity index (χ2n) is 1.82. The van der Waals surface area contributed by atoms with Gasteiger partial charge in [0.2, 0.25) is 0 Å². The highest BCUT2D eigenvalue weighted by molar-refractivity contribution is 14.1. The lowest BCUT2D eigenvalue weighted by Gasteiger charge is -2.07. The van der Waals surface area contributed by atoms with E-state index in [2.05, 4.69) is 29.5 Å². The van der Waals surface area contributed by atoms with Crippen LogP contribution in [-0.4, -0.2) is 10.1 Å². The molecule has 0 saturated heterocycles. The summed E-state index contributed by atoms with van der Waals surface area (Å²) in [6.07, 6.45) is 1.09. The van der Waals surface area contributed by atoms with Crippen molar-refractivity contribution in [1.29, 1.82) is 0 Å². The van der Waals surface area contributed by atoms with E-state index in [0.29, 0.717) is 0 Å². The predicted octanol–water partition coefficient (Wildman–Crippen LogP) is 2.76. The van der Waals surface area contributed by atoms with Crippen molar-refractivity contribution < 1.29 is 4.39 Å². The molecule has 0 fully saturated rings. The predicted molar refractivity (Wildman–Crippen MR) is 43.0 cm³/mol. The molecule has 49 valence electrons. The molecule has 1 radical (unpaired) electrons. The second-order valence-corrected chi connectivity index (χ2v) is 3.42. The van der Waals surface area contributed by atoms with Gasteiger partial charge in [0, 0.05) is 3.92 Å². The van der Waals surface area contributed by atoms with Crippen molar-refractivity contribution in [3.63, 3.8) is 0 Å². The van der Waals surface area contributed by atoms with Gasteiger partial charge in [0.05, 0.1) is 0 Å². The minimum Gasteiger partial charge on any atom is -0.246 e. The minimum absolute atomic E-state index is 0.109.